The Morgan fingerprint density at radius 2 is 1.55 bits per heavy atom. The van der Waals surface area contributed by atoms with Crippen LogP contribution >= 0.6 is 0 Å². The van der Waals surface area contributed by atoms with Crippen LogP contribution in [0.15, 0.2) is 89.5 Å². The number of benzene rings is 3. The summed E-state index contributed by atoms with van der Waals surface area (Å²) in [5, 5.41) is 6.76. The van der Waals surface area contributed by atoms with E-state index in [4.69, 9.17) is 9.15 Å². The number of unbranched alkanes of at least 4 members (excludes halogenated alkanes) is 3. The number of hydrogen-bond donors (Lipinski definition) is 0. The van der Waals surface area contributed by atoms with Crippen molar-refractivity contribution in [1.29, 1.82) is 0 Å². The molecule has 0 saturated carbocycles. The molecule has 31 heavy (non-hydrogen) atoms. The summed E-state index contributed by atoms with van der Waals surface area (Å²) in [6.45, 7) is 0.730. The van der Waals surface area contributed by atoms with Gasteiger partial charge >= 0.3 is 0 Å². The van der Waals surface area contributed by atoms with Gasteiger partial charge in [0.05, 0.1) is 12.3 Å². The summed E-state index contributed by atoms with van der Waals surface area (Å²) in [7, 11) is 0. The maximum atomic E-state index is 5.97. The number of nitrogens with zero attached hydrogens (tertiary/aromatic N) is 2. The van der Waals surface area contributed by atoms with E-state index in [1.54, 1.807) is 0 Å². The molecular weight excluding hydrogens is 384 g/mol. The van der Waals surface area contributed by atoms with E-state index < -0.39 is 0 Å². The highest BCUT2D eigenvalue weighted by molar-refractivity contribution is 6.05. The number of aryl methyl sites for hydroxylation is 1. The molecule has 3 aromatic carbocycles. The van der Waals surface area contributed by atoms with E-state index in [0.717, 1.165) is 65.7 Å². The lowest BCUT2D eigenvalue weighted by Crippen LogP contribution is -2.02. The largest absolute Gasteiger partial charge is 0.493 e. The molecule has 4 nitrogen and oxygen atoms in total. The minimum atomic E-state index is 0.730. The summed E-state index contributed by atoms with van der Waals surface area (Å²) in [5.74, 6) is 0.873. The first-order chi connectivity index (χ1) is 15.4. The monoisotopic (exact) mass is 410 g/mol. The van der Waals surface area contributed by atoms with E-state index in [1.807, 2.05) is 59.4 Å². The van der Waals surface area contributed by atoms with Crippen LogP contribution in [0.4, 0.5) is 0 Å². The van der Waals surface area contributed by atoms with Gasteiger partial charge in [-0.15, -0.1) is 0 Å². The van der Waals surface area contributed by atoms with Gasteiger partial charge in [-0.05, 0) is 55.7 Å². The fraction of sp³-hybridized carbons (Fsp3) is 0.222. The minimum absolute atomic E-state index is 0.730. The Bertz CT molecular complexity index is 1270. The van der Waals surface area contributed by atoms with Gasteiger partial charge in [0.25, 0.3) is 0 Å². The Kier molecular flexibility index (Phi) is 5.70. The Labute approximate surface area is 182 Å². The SMILES string of the molecule is c1ccc(-n2nccc2CCCCCCOc2ccc3c(c2)oc2ccccc23)cc1. The molecule has 0 fully saturated rings. The summed E-state index contributed by atoms with van der Waals surface area (Å²) in [5.41, 5.74) is 4.19. The van der Waals surface area contributed by atoms with Crippen LogP contribution in [0.5, 0.6) is 5.75 Å². The second-order valence-electron chi connectivity index (χ2n) is 7.84. The number of fused-ring (bicyclic) bond motifs is 3. The lowest BCUT2D eigenvalue weighted by Gasteiger charge is -2.08. The van der Waals surface area contributed by atoms with Crippen LogP contribution in [0.3, 0.4) is 0 Å². The van der Waals surface area contributed by atoms with Gasteiger partial charge in [0.2, 0.25) is 0 Å². The lowest BCUT2D eigenvalue weighted by atomic mass is 10.1. The number of para-hydroxylation sites is 2. The van der Waals surface area contributed by atoms with Crippen LogP contribution in [0.1, 0.15) is 31.4 Å². The summed E-state index contributed by atoms with van der Waals surface area (Å²) >= 11 is 0. The van der Waals surface area contributed by atoms with E-state index in [2.05, 4.69) is 35.4 Å². The molecule has 5 aromatic rings. The van der Waals surface area contributed by atoms with Crippen LogP contribution in [0.2, 0.25) is 0 Å². The van der Waals surface area contributed by atoms with Gasteiger partial charge in [0, 0.05) is 28.7 Å². The predicted octanol–water partition coefficient (Wildman–Crippen LogP) is 6.95. The zero-order valence-electron chi connectivity index (χ0n) is 17.5. The molecule has 0 atom stereocenters. The predicted molar refractivity (Wildman–Crippen MR) is 125 cm³/mol. The maximum Gasteiger partial charge on any atom is 0.139 e. The summed E-state index contributed by atoms with van der Waals surface area (Å²) < 4.78 is 13.9. The molecule has 0 spiro atoms. The van der Waals surface area contributed by atoms with Gasteiger partial charge in [-0.2, -0.15) is 5.10 Å². The summed E-state index contributed by atoms with van der Waals surface area (Å²) in [4.78, 5) is 0. The molecule has 0 aliphatic heterocycles. The van der Waals surface area contributed by atoms with Crippen molar-refractivity contribution < 1.29 is 9.15 Å². The Morgan fingerprint density at radius 3 is 2.48 bits per heavy atom. The molecule has 0 bridgehead atoms. The van der Waals surface area contributed by atoms with Crippen molar-refractivity contribution in [2.24, 2.45) is 0 Å². The number of ether oxygens (including phenoxy) is 1. The maximum absolute atomic E-state index is 5.97. The van der Waals surface area contributed by atoms with Crippen LogP contribution in [0, 0.1) is 0 Å². The molecule has 0 aliphatic carbocycles. The van der Waals surface area contributed by atoms with Crippen molar-refractivity contribution in [2.75, 3.05) is 6.61 Å². The molecule has 4 heteroatoms. The van der Waals surface area contributed by atoms with Gasteiger partial charge in [0.1, 0.15) is 16.9 Å². The zero-order chi connectivity index (χ0) is 20.9. The lowest BCUT2D eigenvalue weighted by molar-refractivity contribution is 0.304. The Balaban J connectivity index is 1.07. The fourth-order valence-electron chi connectivity index (χ4n) is 4.07. The molecule has 0 radical (unpaired) electrons. The van der Waals surface area contributed by atoms with E-state index in [9.17, 15) is 0 Å². The van der Waals surface area contributed by atoms with Crippen molar-refractivity contribution in [3.63, 3.8) is 0 Å². The van der Waals surface area contributed by atoms with Crippen LogP contribution < -0.4 is 4.74 Å². The normalized spacial score (nSPS) is 11.4. The second kappa shape index (κ2) is 9.09. The van der Waals surface area contributed by atoms with E-state index in [1.165, 1.54) is 12.1 Å². The summed E-state index contributed by atoms with van der Waals surface area (Å²) in [6.07, 6.45) is 7.48. The third kappa shape index (κ3) is 4.33. The standard InChI is InChI=1S/C27H26N2O2/c1(4-12-22-17-18-28-29(22)21-10-5-3-6-11-21)2-9-19-30-23-15-16-25-24-13-7-8-14-26(24)31-27(25)20-23/h3,5-8,10-11,13-18,20H,1-2,4,9,12,19H2. The highest BCUT2D eigenvalue weighted by Gasteiger charge is 2.07. The van der Waals surface area contributed by atoms with Crippen LogP contribution in [-0.2, 0) is 6.42 Å². The molecule has 0 amide bonds. The van der Waals surface area contributed by atoms with E-state index in [0.29, 0.717) is 0 Å². The first-order valence-corrected chi connectivity index (χ1v) is 11.0. The average Bonchev–Trinajstić information content (AvgIpc) is 3.43. The third-order valence-corrected chi connectivity index (χ3v) is 5.67. The molecule has 5 rings (SSSR count). The van der Waals surface area contributed by atoms with Gasteiger partial charge < -0.3 is 9.15 Å². The number of furan rings is 1. The molecule has 0 N–H and O–H groups in total. The molecule has 2 aromatic heterocycles. The first kappa shape index (κ1) is 19.4. The van der Waals surface area contributed by atoms with Crippen molar-refractivity contribution in [3.05, 3.63) is 90.8 Å². The van der Waals surface area contributed by atoms with Gasteiger partial charge in [-0.25, -0.2) is 4.68 Å². The first-order valence-electron chi connectivity index (χ1n) is 11.0. The average molecular weight is 411 g/mol. The van der Waals surface area contributed by atoms with E-state index in [-0.39, 0.29) is 0 Å². The number of rotatable bonds is 9. The number of hydrogen-bond acceptors (Lipinski definition) is 3. The Morgan fingerprint density at radius 1 is 0.742 bits per heavy atom. The van der Waals surface area contributed by atoms with Crippen molar-refractivity contribution in [1.82, 2.24) is 9.78 Å². The van der Waals surface area contributed by atoms with Crippen molar-refractivity contribution in [3.8, 4) is 11.4 Å². The molecule has 2 heterocycles. The number of aromatic nitrogens is 2. The van der Waals surface area contributed by atoms with Gasteiger partial charge in [-0.3, -0.25) is 0 Å². The molecule has 156 valence electrons. The molecular formula is C27H26N2O2. The van der Waals surface area contributed by atoms with Gasteiger partial charge in [-0.1, -0.05) is 49.2 Å². The highest BCUT2D eigenvalue weighted by atomic mass is 16.5. The fourth-order valence-corrected chi connectivity index (χ4v) is 4.07. The summed E-state index contributed by atoms with van der Waals surface area (Å²) in [6, 6.07) is 26.7. The van der Waals surface area contributed by atoms with Crippen LogP contribution in [-0.4, -0.2) is 16.4 Å². The van der Waals surface area contributed by atoms with E-state index >= 15 is 0 Å². The topological polar surface area (TPSA) is 40.2 Å². The quantitative estimate of drug-likeness (QED) is 0.247. The Hall–Kier alpha value is -3.53. The van der Waals surface area contributed by atoms with Crippen molar-refractivity contribution in [2.45, 2.75) is 32.1 Å². The zero-order valence-corrected chi connectivity index (χ0v) is 17.5. The molecule has 0 unspecified atom stereocenters. The molecule has 0 aliphatic rings. The minimum Gasteiger partial charge on any atom is -0.493 e. The highest BCUT2D eigenvalue weighted by Crippen LogP contribution is 2.31. The van der Waals surface area contributed by atoms with Crippen molar-refractivity contribution >= 4 is 21.9 Å². The second-order valence-corrected chi connectivity index (χ2v) is 7.84. The molecule has 0 saturated heterocycles. The van der Waals surface area contributed by atoms with Gasteiger partial charge in [0.15, 0.2) is 0 Å². The third-order valence-electron chi connectivity index (χ3n) is 5.67. The smallest absolute Gasteiger partial charge is 0.139 e. The van der Waals surface area contributed by atoms with Crippen LogP contribution in [0.25, 0.3) is 27.6 Å².